The van der Waals surface area contributed by atoms with Crippen LogP contribution in [0.3, 0.4) is 0 Å². The van der Waals surface area contributed by atoms with E-state index in [2.05, 4.69) is 31.0 Å². The summed E-state index contributed by atoms with van der Waals surface area (Å²) in [6.07, 6.45) is 4.84. The van der Waals surface area contributed by atoms with Crippen LogP contribution in [0.2, 0.25) is 0 Å². The average Bonchev–Trinajstić information content (AvgIpc) is 3.16. The van der Waals surface area contributed by atoms with E-state index in [1.165, 1.54) is 12.8 Å². The lowest BCUT2D eigenvalue weighted by molar-refractivity contribution is -0.126. The lowest BCUT2D eigenvalue weighted by atomic mass is 9.96. The Bertz CT molecular complexity index is 318. The van der Waals surface area contributed by atoms with E-state index in [0.29, 0.717) is 12.0 Å². The van der Waals surface area contributed by atoms with Gasteiger partial charge in [-0.3, -0.25) is 4.79 Å². The highest BCUT2D eigenvalue weighted by atomic mass is 16.5. The van der Waals surface area contributed by atoms with Gasteiger partial charge >= 0.3 is 0 Å². The highest BCUT2D eigenvalue weighted by Crippen LogP contribution is 2.45. The largest absolute Gasteiger partial charge is 0.377 e. The minimum absolute atomic E-state index is 0.0329. The molecule has 1 N–H and O–H groups in total. The Morgan fingerprint density at radius 1 is 1.35 bits per heavy atom. The van der Waals surface area contributed by atoms with Crippen LogP contribution in [-0.4, -0.2) is 49.7 Å². The summed E-state index contributed by atoms with van der Waals surface area (Å²) >= 11 is 0. The molecule has 116 valence electrons. The van der Waals surface area contributed by atoms with Gasteiger partial charge in [-0.15, -0.1) is 0 Å². The molecular formula is C16H30N2O2. The van der Waals surface area contributed by atoms with Crippen LogP contribution in [0.4, 0.5) is 0 Å². The second-order valence-corrected chi connectivity index (χ2v) is 6.98. The van der Waals surface area contributed by atoms with Gasteiger partial charge in [-0.25, -0.2) is 0 Å². The van der Waals surface area contributed by atoms with Crippen molar-refractivity contribution in [2.45, 2.75) is 52.6 Å². The number of carbonyl (C=O) groups excluding carboxylic acids is 1. The SMILES string of the molecule is CC(C)OCCN1CCC(CNC(=O)C2(C)CC2)CC1. The first-order valence-corrected chi connectivity index (χ1v) is 8.12. The summed E-state index contributed by atoms with van der Waals surface area (Å²) in [7, 11) is 0. The minimum Gasteiger partial charge on any atom is -0.377 e. The smallest absolute Gasteiger partial charge is 0.225 e. The third kappa shape index (κ3) is 4.74. The summed E-state index contributed by atoms with van der Waals surface area (Å²) in [5.74, 6) is 0.925. The molecule has 0 radical (unpaired) electrons. The van der Waals surface area contributed by atoms with E-state index in [0.717, 1.165) is 45.6 Å². The summed E-state index contributed by atoms with van der Waals surface area (Å²) in [5.41, 5.74) is -0.0329. The predicted octanol–water partition coefficient (Wildman–Crippen LogP) is 2.04. The molecule has 1 aliphatic carbocycles. The third-order valence-corrected chi connectivity index (χ3v) is 4.67. The fraction of sp³-hybridized carbons (Fsp3) is 0.938. The maximum absolute atomic E-state index is 11.9. The van der Waals surface area contributed by atoms with Crippen molar-refractivity contribution in [3.63, 3.8) is 0 Å². The number of hydrogen-bond acceptors (Lipinski definition) is 3. The molecule has 0 bridgehead atoms. The van der Waals surface area contributed by atoms with Crippen LogP contribution in [0.25, 0.3) is 0 Å². The van der Waals surface area contributed by atoms with Gasteiger partial charge in [-0.2, -0.15) is 0 Å². The second kappa shape index (κ2) is 6.90. The Morgan fingerprint density at radius 2 is 2.00 bits per heavy atom. The molecule has 4 nitrogen and oxygen atoms in total. The van der Waals surface area contributed by atoms with Crippen LogP contribution in [0.5, 0.6) is 0 Å². The Kier molecular flexibility index (Phi) is 5.44. The molecule has 0 spiro atoms. The van der Waals surface area contributed by atoms with E-state index >= 15 is 0 Å². The van der Waals surface area contributed by atoms with Gasteiger partial charge in [0.2, 0.25) is 5.91 Å². The number of nitrogens with zero attached hydrogens (tertiary/aromatic N) is 1. The zero-order valence-corrected chi connectivity index (χ0v) is 13.3. The molecule has 2 fully saturated rings. The number of piperidine rings is 1. The monoisotopic (exact) mass is 282 g/mol. The molecule has 1 amide bonds. The Labute approximate surface area is 123 Å². The first-order chi connectivity index (χ1) is 9.49. The van der Waals surface area contributed by atoms with Gasteiger partial charge in [-0.1, -0.05) is 6.92 Å². The zero-order valence-electron chi connectivity index (χ0n) is 13.3. The van der Waals surface area contributed by atoms with Crippen molar-refractivity contribution in [3.8, 4) is 0 Å². The molecule has 0 aromatic carbocycles. The van der Waals surface area contributed by atoms with Crippen molar-refractivity contribution < 1.29 is 9.53 Å². The van der Waals surface area contributed by atoms with Crippen molar-refractivity contribution in [3.05, 3.63) is 0 Å². The number of likely N-dealkylation sites (tertiary alicyclic amines) is 1. The molecule has 1 saturated heterocycles. The van der Waals surface area contributed by atoms with Gasteiger partial charge in [0.15, 0.2) is 0 Å². The molecule has 1 aliphatic heterocycles. The van der Waals surface area contributed by atoms with Crippen molar-refractivity contribution >= 4 is 5.91 Å². The van der Waals surface area contributed by atoms with Gasteiger partial charge in [0, 0.05) is 18.5 Å². The van der Waals surface area contributed by atoms with Crippen molar-refractivity contribution in [1.82, 2.24) is 10.2 Å². The second-order valence-electron chi connectivity index (χ2n) is 6.98. The Balaban J connectivity index is 1.56. The topological polar surface area (TPSA) is 41.6 Å². The molecule has 2 rings (SSSR count). The van der Waals surface area contributed by atoms with Crippen LogP contribution in [0.15, 0.2) is 0 Å². The molecule has 0 unspecified atom stereocenters. The van der Waals surface area contributed by atoms with Gasteiger partial charge in [0.1, 0.15) is 0 Å². The number of amides is 1. The molecule has 2 aliphatic rings. The van der Waals surface area contributed by atoms with Gasteiger partial charge < -0.3 is 15.0 Å². The molecule has 4 heteroatoms. The highest BCUT2D eigenvalue weighted by molar-refractivity contribution is 5.84. The van der Waals surface area contributed by atoms with Crippen LogP contribution < -0.4 is 5.32 Å². The number of nitrogens with one attached hydrogen (secondary N) is 1. The normalized spacial score (nSPS) is 23.0. The molecule has 0 atom stereocenters. The lowest BCUT2D eigenvalue weighted by Gasteiger charge is -2.32. The van der Waals surface area contributed by atoms with Crippen LogP contribution in [0.1, 0.15) is 46.5 Å². The number of carbonyl (C=O) groups is 1. The van der Waals surface area contributed by atoms with E-state index in [-0.39, 0.29) is 11.3 Å². The van der Waals surface area contributed by atoms with Crippen molar-refractivity contribution in [1.29, 1.82) is 0 Å². The van der Waals surface area contributed by atoms with Crippen LogP contribution in [0, 0.1) is 11.3 Å². The van der Waals surface area contributed by atoms with E-state index in [9.17, 15) is 4.79 Å². The van der Waals surface area contributed by atoms with Crippen LogP contribution >= 0.6 is 0 Å². The van der Waals surface area contributed by atoms with E-state index in [1.807, 2.05) is 0 Å². The Hall–Kier alpha value is -0.610. The highest BCUT2D eigenvalue weighted by Gasteiger charge is 2.44. The fourth-order valence-electron chi connectivity index (χ4n) is 2.70. The quantitative estimate of drug-likeness (QED) is 0.777. The number of rotatable bonds is 7. The maximum atomic E-state index is 11.9. The number of ether oxygens (including phenoxy) is 1. The fourth-order valence-corrected chi connectivity index (χ4v) is 2.70. The standard InChI is InChI=1S/C16H30N2O2/c1-13(2)20-11-10-18-8-4-14(5-9-18)12-17-15(19)16(3)6-7-16/h13-14H,4-12H2,1-3H3,(H,17,19). The zero-order chi connectivity index (χ0) is 14.6. The van der Waals surface area contributed by atoms with Gasteiger partial charge in [0.05, 0.1) is 12.7 Å². The van der Waals surface area contributed by atoms with E-state index < -0.39 is 0 Å². The first kappa shape index (κ1) is 15.8. The molecule has 1 saturated carbocycles. The van der Waals surface area contributed by atoms with Gasteiger partial charge in [-0.05, 0) is 58.5 Å². The van der Waals surface area contributed by atoms with Crippen molar-refractivity contribution in [2.75, 3.05) is 32.8 Å². The molecule has 0 aromatic rings. The summed E-state index contributed by atoms with van der Waals surface area (Å²) in [6, 6.07) is 0. The molecule has 0 aromatic heterocycles. The van der Waals surface area contributed by atoms with E-state index in [1.54, 1.807) is 0 Å². The van der Waals surface area contributed by atoms with E-state index in [4.69, 9.17) is 4.74 Å². The summed E-state index contributed by atoms with van der Waals surface area (Å²) in [5, 5.41) is 3.15. The van der Waals surface area contributed by atoms with Crippen LogP contribution in [-0.2, 0) is 9.53 Å². The maximum Gasteiger partial charge on any atom is 0.225 e. The molecular weight excluding hydrogens is 252 g/mol. The summed E-state index contributed by atoms with van der Waals surface area (Å²) in [4.78, 5) is 14.4. The number of hydrogen-bond donors (Lipinski definition) is 1. The third-order valence-electron chi connectivity index (χ3n) is 4.67. The lowest BCUT2D eigenvalue weighted by Crippen LogP contribution is -2.41. The molecule has 20 heavy (non-hydrogen) atoms. The molecule has 1 heterocycles. The predicted molar refractivity (Wildman–Crippen MR) is 80.6 cm³/mol. The average molecular weight is 282 g/mol. The Morgan fingerprint density at radius 3 is 2.55 bits per heavy atom. The van der Waals surface area contributed by atoms with Crippen molar-refractivity contribution in [2.24, 2.45) is 11.3 Å². The summed E-state index contributed by atoms with van der Waals surface area (Å²) < 4.78 is 5.60. The minimum atomic E-state index is -0.0329. The first-order valence-electron chi connectivity index (χ1n) is 8.12. The van der Waals surface area contributed by atoms with Gasteiger partial charge in [0.25, 0.3) is 0 Å². The summed E-state index contributed by atoms with van der Waals surface area (Å²) in [6.45, 7) is 11.2.